The van der Waals surface area contributed by atoms with Crippen LogP contribution in [0.3, 0.4) is 0 Å². The first-order valence-corrected chi connectivity index (χ1v) is 9.36. The summed E-state index contributed by atoms with van der Waals surface area (Å²) in [5.41, 5.74) is 1.06. The van der Waals surface area contributed by atoms with Crippen molar-refractivity contribution in [2.45, 2.75) is 12.6 Å². The van der Waals surface area contributed by atoms with E-state index < -0.39 is 6.10 Å². The number of ether oxygens (including phenoxy) is 1. The van der Waals surface area contributed by atoms with Crippen molar-refractivity contribution in [2.75, 3.05) is 32.8 Å². The van der Waals surface area contributed by atoms with Crippen LogP contribution in [-0.2, 0) is 11.3 Å². The van der Waals surface area contributed by atoms with Gasteiger partial charge in [-0.2, -0.15) is 5.10 Å². The summed E-state index contributed by atoms with van der Waals surface area (Å²) in [5.74, 6) is -0.331. The zero-order chi connectivity index (χ0) is 19.5. The molecular formula is C21H22FN3O3. The van der Waals surface area contributed by atoms with Crippen LogP contribution in [0.15, 0.2) is 53.3 Å². The Hall–Kier alpha value is -2.61. The van der Waals surface area contributed by atoms with Crippen molar-refractivity contribution in [1.29, 1.82) is 0 Å². The number of halogens is 1. The molecule has 146 valence electrons. The Kier molecular flexibility index (Phi) is 5.47. The van der Waals surface area contributed by atoms with Gasteiger partial charge in [-0.3, -0.25) is 9.69 Å². The first kappa shape index (κ1) is 18.7. The number of fused-ring (bicyclic) bond motifs is 1. The molecule has 1 aliphatic rings. The van der Waals surface area contributed by atoms with Crippen LogP contribution in [0, 0.1) is 5.82 Å². The molecule has 0 unspecified atom stereocenters. The molecule has 0 spiro atoms. The number of aliphatic hydroxyl groups is 1. The van der Waals surface area contributed by atoms with Gasteiger partial charge in [0.05, 0.1) is 36.9 Å². The number of rotatable bonds is 5. The molecule has 0 amide bonds. The molecule has 3 aromatic rings. The molecule has 2 aromatic carbocycles. The van der Waals surface area contributed by atoms with Crippen LogP contribution in [0.1, 0.15) is 0 Å². The second kappa shape index (κ2) is 8.18. The Morgan fingerprint density at radius 3 is 2.43 bits per heavy atom. The molecule has 0 aliphatic carbocycles. The largest absolute Gasteiger partial charge is 0.390 e. The van der Waals surface area contributed by atoms with Gasteiger partial charge in [0.2, 0.25) is 0 Å². The van der Waals surface area contributed by atoms with Gasteiger partial charge in [0.15, 0.2) is 0 Å². The van der Waals surface area contributed by atoms with Crippen molar-refractivity contribution in [3.8, 4) is 11.3 Å². The normalized spacial score (nSPS) is 16.4. The summed E-state index contributed by atoms with van der Waals surface area (Å²) in [6.07, 6.45) is -0.731. The molecule has 4 rings (SSSR count). The van der Waals surface area contributed by atoms with Crippen molar-refractivity contribution < 1.29 is 14.2 Å². The zero-order valence-electron chi connectivity index (χ0n) is 15.4. The van der Waals surface area contributed by atoms with E-state index in [0.29, 0.717) is 41.8 Å². The monoisotopic (exact) mass is 383 g/mol. The van der Waals surface area contributed by atoms with E-state index in [0.717, 1.165) is 13.1 Å². The number of β-amino-alcohol motifs (C(OH)–C–C–N with tert-alkyl or cyclic N) is 1. The van der Waals surface area contributed by atoms with E-state index in [2.05, 4.69) is 10.00 Å². The van der Waals surface area contributed by atoms with Gasteiger partial charge in [-0.25, -0.2) is 9.07 Å². The molecule has 0 radical (unpaired) electrons. The lowest BCUT2D eigenvalue weighted by Crippen LogP contribution is -2.43. The van der Waals surface area contributed by atoms with Crippen LogP contribution in [0.25, 0.3) is 22.0 Å². The summed E-state index contributed by atoms with van der Waals surface area (Å²) < 4.78 is 20.0. The van der Waals surface area contributed by atoms with Crippen LogP contribution in [-0.4, -0.2) is 58.7 Å². The topological polar surface area (TPSA) is 67.6 Å². The maximum atomic E-state index is 13.3. The van der Waals surface area contributed by atoms with Crippen molar-refractivity contribution in [1.82, 2.24) is 14.7 Å². The number of benzene rings is 2. The fourth-order valence-electron chi connectivity index (χ4n) is 3.52. The van der Waals surface area contributed by atoms with Gasteiger partial charge < -0.3 is 9.84 Å². The van der Waals surface area contributed by atoms with Crippen LogP contribution < -0.4 is 5.56 Å². The number of aromatic nitrogens is 2. The van der Waals surface area contributed by atoms with Crippen LogP contribution in [0.5, 0.6) is 0 Å². The highest BCUT2D eigenvalue weighted by atomic mass is 19.1. The molecule has 7 heteroatoms. The highest BCUT2D eigenvalue weighted by molar-refractivity contribution is 5.93. The second-order valence-electron chi connectivity index (χ2n) is 6.96. The highest BCUT2D eigenvalue weighted by Gasteiger charge is 2.18. The van der Waals surface area contributed by atoms with Crippen molar-refractivity contribution in [3.63, 3.8) is 0 Å². The predicted molar refractivity (Wildman–Crippen MR) is 105 cm³/mol. The molecule has 2 heterocycles. The third kappa shape index (κ3) is 3.96. The van der Waals surface area contributed by atoms with E-state index in [4.69, 9.17) is 4.74 Å². The third-order valence-electron chi connectivity index (χ3n) is 4.94. The van der Waals surface area contributed by atoms with Crippen LogP contribution in [0.2, 0.25) is 0 Å². The molecule has 1 aromatic heterocycles. The maximum absolute atomic E-state index is 13.3. The predicted octanol–water partition coefficient (Wildman–Crippen LogP) is 1.90. The summed E-state index contributed by atoms with van der Waals surface area (Å²) in [6.45, 7) is 3.37. The van der Waals surface area contributed by atoms with Gasteiger partial charge in [-0.15, -0.1) is 0 Å². The first-order valence-electron chi connectivity index (χ1n) is 9.36. The number of hydrogen-bond donors (Lipinski definition) is 1. The molecule has 1 aliphatic heterocycles. The Labute approximate surface area is 161 Å². The fraction of sp³-hybridized carbons (Fsp3) is 0.333. The summed E-state index contributed by atoms with van der Waals surface area (Å²) in [7, 11) is 0. The van der Waals surface area contributed by atoms with E-state index in [9.17, 15) is 14.3 Å². The maximum Gasteiger partial charge on any atom is 0.274 e. The minimum atomic E-state index is -0.731. The van der Waals surface area contributed by atoms with Crippen molar-refractivity contribution in [2.24, 2.45) is 0 Å². The minimum absolute atomic E-state index is 0.0925. The van der Waals surface area contributed by atoms with E-state index in [1.807, 2.05) is 12.1 Å². The second-order valence-corrected chi connectivity index (χ2v) is 6.96. The molecule has 6 nitrogen and oxygen atoms in total. The lowest BCUT2D eigenvalue weighted by molar-refractivity contribution is 0.0106. The SMILES string of the molecule is O=c1c2ccccc2c(-c2ccc(F)cc2)nn1C[C@H](O)CN1CCOCC1. The average Bonchev–Trinajstić information content (AvgIpc) is 2.72. The standard InChI is InChI=1S/C21H22FN3O3/c22-16-7-5-15(6-8-16)20-18-3-1-2-4-19(18)21(27)25(23-20)14-17(26)13-24-9-11-28-12-10-24/h1-8,17,26H,9-14H2/t17-/m1/s1. The molecule has 1 fully saturated rings. The van der Waals surface area contributed by atoms with Gasteiger partial charge in [0.1, 0.15) is 5.82 Å². The summed E-state index contributed by atoms with van der Waals surface area (Å²) in [4.78, 5) is 15.0. The Balaban J connectivity index is 1.69. The number of hydrogen-bond acceptors (Lipinski definition) is 5. The van der Waals surface area contributed by atoms with Crippen LogP contribution in [0.4, 0.5) is 4.39 Å². The first-order chi connectivity index (χ1) is 13.6. The Bertz CT molecular complexity index is 1010. The van der Waals surface area contributed by atoms with Gasteiger partial charge in [0.25, 0.3) is 5.56 Å². The van der Waals surface area contributed by atoms with Gasteiger partial charge in [0, 0.05) is 30.6 Å². The number of aliphatic hydroxyl groups excluding tert-OH is 1. The summed E-state index contributed by atoms with van der Waals surface area (Å²) >= 11 is 0. The highest BCUT2D eigenvalue weighted by Crippen LogP contribution is 2.24. The molecular weight excluding hydrogens is 361 g/mol. The Morgan fingerprint density at radius 2 is 1.71 bits per heavy atom. The fourth-order valence-corrected chi connectivity index (χ4v) is 3.52. The summed E-state index contributed by atoms with van der Waals surface area (Å²) in [6, 6.07) is 13.2. The van der Waals surface area contributed by atoms with E-state index in [1.165, 1.54) is 16.8 Å². The lowest BCUT2D eigenvalue weighted by atomic mass is 10.0. The van der Waals surface area contributed by atoms with Crippen molar-refractivity contribution in [3.05, 3.63) is 64.7 Å². The van der Waals surface area contributed by atoms with Gasteiger partial charge in [-0.05, 0) is 30.3 Å². The van der Waals surface area contributed by atoms with E-state index in [1.54, 1.807) is 24.3 Å². The minimum Gasteiger partial charge on any atom is -0.390 e. The third-order valence-corrected chi connectivity index (χ3v) is 4.94. The van der Waals surface area contributed by atoms with Gasteiger partial charge in [-0.1, -0.05) is 18.2 Å². The molecule has 0 saturated carbocycles. The molecule has 1 atom stereocenters. The Morgan fingerprint density at radius 1 is 1.04 bits per heavy atom. The van der Waals surface area contributed by atoms with Gasteiger partial charge >= 0.3 is 0 Å². The smallest absolute Gasteiger partial charge is 0.274 e. The summed E-state index contributed by atoms with van der Waals surface area (Å²) in [5, 5.41) is 16.3. The number of morpholine rings is 1. The lowest BCUT2D eigenvalue weighted by Gasteiger charge is -2.28. The molecule has 28 heavy (non-hydrogen) atoms. The van der Waals surface area contributed by atoms with E-state index >= 15 is 0 Å². The quantitative estimate of drug-likeness (QED) is 0.729. The van der Waals surface area contributed by atoms with E-state index in [-0.39, 0.29) is 17.9 Å². The van der Waals surface area contributed by atoms with Crippen molar-refractivity contribution >= 4 is 10.8 Å². The molecule has 0 bridgehead atoms. The van der Waals surface area contributed by atoms with Crippen LogP contribution >= 0.6 is 0 Å². The number of nitrogens with zero attached hydrogens (tertiary/aromatic N) is 3. The molecule has 1 N–H and O–H groups in total. The zero-order valence-corrected chi connectivity index (χ0v) is 15.4. The molecule has 1 saturated heterocycles. The average molecular weight is 383 g/mol.